The molecule has 0 spiro atoms. The maximum atomic E-state index is 12.2. The maximum absolute atomic E-state index is 12.2. The molecule has 8 heteroatoms. The third kappa shape index (κ3) is 6.25. The van der Waals surface area contributed by atoms with E-state index in [1.165, 1.54) is 18.3 Å². The minimum absolute atomic E-state index is 0.0358. The number of allylic oxidation sites excluding steroid dienone is 1. The largest absolute Gasteiger partial charge is 0.462 e. The molecule has 0 amide bonds. The fourth-order valence-corrected chi connectivity index (χ4v) is 5.47. The lowest BCUT2D eigenvalue weighted by atomic mass is 9.86. The van der Waals surface area contributed by atoms with Crippen LogP contribution in [0, 0.1) is 11.8 Å². The Morgan fingerprint density at radius 1 is 1.25 bits per heavy atom. The second-order valence-electron chi connectivity index (χ2n) is 8.44. The van der Waals surface area contributed by atoms with Crippen LogP contribution in [-0.4, -0.2) is 41.5 Å². The van der Waals surface area contributed by atoms with Gasteiger partial charge in [0.25, 0.3) is 0 Å². The number of thiazole rings is 1. The van der Waals surface area contributed by atoms with Crippen molar-refractivity contribution in [2.75, 3.05) is 6.61 Å². The molecule has 32 heavy (non-hydrogen) atoms. The van der Waals surface area contributed by atoms with Crippen molar-refractivity contribution in [3.05, 3.63) is 28.2 Å². The number of hydrogen-bond acceptors (Lipinski definition) is 8. The molecule has 1 aliphatic carbocycles. The first-order valence-electron chi connectivity index (χ1n) is 11.6. The molecule has 7 nitrogen and oxygen atoms in total. The highest BCUT2D eigenvalue weighted by Crippen LogP contribution is 2.47. The van der Waals surface area contributed by atoms with Crippen molar-refractivity contribution in [2.45, 2.75) is 84.0 Å². The molecule has 1 aromatic rings. The molecule has 1 saturated carbocycles. The number of aromatic nitrogens is 1. The van der Waals surface area contributed by atoms with Crippen LogP contribution in [0.3, 0.4) is 0 Å². The average molecular weight is 464 g/mol. The molecule has 2 fully saturated rings. The number of carbonyl (C=O) groups excluding carboxylic acids is 3. The van der Waals surface area contributed by atoms with Crippen molar-refractivity contribution in [2.24, 2.45) is 11.8 Å². The minimum atomic E-state index is -0.423. The van der Waals surface area contributed by atoms with E-state index >= 15 is 0 Å². The minimum Gasteiger partial charge on any atom is -0.462 e. The van der Waals surface area contributed by atoms with Gasteiger partial charge in [0.2, 0.25) is 0 Å². The Kier molecular flexibility index (Phi) is 8.99. The Labute approximate surface area is 193 Å². The van der Waals surface area contributed by atoms with Crippen LogP contribution in [0.4, 0.5) is 0 Å². The molecule has 0 aromatic carbocycles. The van der Waals surface area contributed by atoms with Crippen LogP contribution >= 0.6 is 11.3 Å². The fraction of sp³-hybridized carbons (Fsp3) is 0.667. The van der Waals surface area contributed by atoms with Crippen molar-refractivity contribution < 1.29 is 28.6 Å². The number of ketones is 1. The van der Waals surface area contributed by atoms with E-state index in [1.807, 2.05) is 6.08 Å². The lowest BCUT2D eigenvalue weighted by molar-refractivity contribution is -0.147. The SMILES string of the molecule is CCCCCC(=O)/C=C/[C@@H]1[C@H]2CC[C@H](c3nc(C(=O)OCC)cs3)O[C@H]2C[C@H]1OC(C)=O. The molecule has 176 valence electrons. The molecule has 2 heterocycles. The summed E-state index contributed by atoms with van der Waals surface area (Å²) in [5.74, 6) is -0.483. The number of unbranched alkanes of at least 4 members (excludes halogenated alkanes) is 2. The molecular weight excluding hydrogens is 430 g/mol. The lowest BCUT2D eigenvalue weighted by Gasteiger charge is -2.33. The summed E-state index contributed by atoms with van der Waals surface area (Å²) in [5, 5.41) is 2.47. The number of ether oxygens (including phenoxy) is 3. The lowest BCUT2D eigenvalue weighted by Crippen LogP contribution is -2.30. The summed E-state index contributed by atoms with van der Waals surface area (Å²) < 4.78 is 17.0. The Morgan fingerprint density at radius 2 is 2.06 bits per heavy atom. The van der Waals surface area contributed by atoms with Gasteiger partial charge in [0.15, 0.2) is 11.5 Å². The van der Waals surface area contributed by atoms with Gasteiger partial charge in [-0.2, -0.15) is 0 Å². The second kappa shape index (κ2) is 11.7. The van der Waals surface area contributed by atoms with E-state index in [-0.39, 0.29) is 41.9 Å². The van der Waals surface area contributed by atoms with E-state index in [9.17, 15) is 14.4 Å². The standard InChI is InChI=1S/C24H33NO6S/c1-4-6-7-8-16(27)9-10-17-18-11-12-20(31-22(18)13-21(17)30-15(3)26)23-25-19(14-32-23)24(28)29-5-2/h9-10,14,17-18,20-22H,4-8,11-13H2,1-3H3/b10-9+/t17-,18-,20-,21-,22+/m1/s1. The highest BCUT2D eigenvalue weighted by atomic mass is 32.1. The van der Waals surface area contributed by atoms with Gasteiger partial charge in [0.1, 0.15) is 17.2 Å². The van der Waals surface area contributed by atoms with Gasteiger partial charge in [0, 0.05) is 31.1 Å². The molecule has 0 N–H and O–H groups in total. The Bertz CT molecular complexity index is 834. The van der Waals surface area contributed by atoms with Crippen LogP contribution in [0.1, 0.15) is 87.3 Å². The number of hydrogen-bond donors (Lipinski definition) is 0. The monoisotopic (exact) mass is 463 g/mol. The summed E-state index contributed by atoms with van der Waals surface area (Å²) in [6, 6.07) is 0. The van der Waals surface area contributed by atoms with Gasteiger partial charge < -0.3 is 14.2 Å². The van der Waals surface area contributed by atoms with E-state index < -0.39 is 5.97 Å². The molecule has 0 bridgehead atoms. The van der Waals surface area contributed by atoms with Gasteiger partial charge >= 0.3 is 11.9 Å². The summed E-state index contributed by atoms with van der Waals surface area (Å²) in [6.07, 6.45) is 8.83. The number of nitrogens with zero attached hydrogens (tertiary/aromatic N) is 1. The first-order valence-corrected chi connectivity index (χ1v) is 12.5. The zero-order valence-corrected chi connectivity index (χ0v) is 19.9. The zero-order valence-electron chi connectivity index (χ0n) is 19.1. The molecule has 5 atom stereocenters. The molecule has 0 unspecified atom stereocenters. The molecule has 1 aromatic heterocycles. The third-order valence-electron chi connectivity index (χ3n) is 6.10. The fourth-order valence-electron chi connectivity index (χ4n) is 4.62. The normalized spacial score (nSPS) is 27.3. The van der Waals surface area contributed by atoms with E-state index in [0.29, 0.717) is 25.1 Å². The number of esters is 2. The van der Waals surface area contributed by atoms with Crippen LogP contribution in [0.25, 0.3) is 0 Å². The molecule has 2 aliphatic rings. The molecule has 1 saturated heterocycles. The van der Waals surface area contributed by atoms with E-state index in [4.69, 9.17) is 14.2 Å². The van der Waals surface area contributed by atoms with E-state index in [2.05, 4.69) is 11.9 Å². The van der Waals surface area contributed by atoms with Gasteiger partial charge in [-0.3, -0.25) is 9.59 Å². The number of carbonyl (C=O) groups is 3. The van der Waals surface area contributed by atoms with Crippen molar-refractivity contribution >= 4 is 29.1 Å². The molecular formula is C24H33NO6S. The first kappa shape index (κ1) is 24.6. The molecule has 0 radical (unpaired) electrons. The van der Waals surface area contributed by atoms with Crippen LogP contribution < -0.4 is 0 Å². The van der Waals surface area contributed by atoms with Crippen LogP contribution in [0.2, 0.25) is 0 Å². The highest BCUT2D eigenvalue weighted by Gasteiger charge is 2.48. The van der Waals surface area contributed by atoms with Crippen LogP contribution in [-0.2, 0) is 23.8 Å². The first-order chi connectivity index (χ1) is 15.4. The number of rotatable bonds is 10. The second-order valence-corrected chi connectivity index (χ2v) is 9.33. The van der Waals surface area contributed by atoms with Gasteiger partial charge in [-0.1, -0.05) is 25.8 Å². The summed E-state index contributed by atoms with van der Waals surface area (Å²) >= 11 is 1.40. The van der Waals surface area contributed by atoms with Crippen LogP contribution in [0.15, 0.2) is 17.5 Å². The molecule has 3 rings (SSSR count). The third-order valence-corrected chi connectivity index (χ3v) is 7.03. The van der Waals surface area contributed by atoms with Crippen LogP contribution in [0.5, 0.6) is 0 Å². The van der Waals surface area contributed by atoms with Gasteiger partial charge in [-0.05, 0) is 38.2 Å². The average Bonchev–Trinajstić information content (AvgIpc) is 3.37. The van der Waals surface area contributed by atoms with Gasteiger partial charge in [-0.25, -0.2) is 9.78 Å². The van der Waals surface area contributed by atoms with Crippen molar-refractivity contribution in [3.8, 4) is 0 Å². The topological polar surface area (TPSA) is 91.8 Å². The van der Waals surface area contributed by atoms with Gasteiger partial charge in [-0.15, -0.1) is 11.3 Å². The van der Waals surface area contributed by atoms with E-state index in [0.717, 1.165) is 37.1 Å². The predicted molar refractivity (Wildman–Crippen MR) is 120 cm³/mol. The Balaban J connectivity index is 1.66. The zero-order chi connectivity index (χ0) is 23.1. The predicted octanol–water partition coefficient (Wildman–Crippen LogP) is 4.81. The maximum Gasteiger partial charge on any atom is 0.357 e. The summed E-state index contributed by atoms with van der Waals surface area (Å²) in [5.41, 5.74) is 0.309. The number of fused-ring (bicyclic) bond motifs is 1. The smallest absolute Gasteiger partial charge is 0.357 e. The van der Waals surface area contributed by atoms with Crippen molar-refractivity contribution in [3.63, 3.8) is 0 Å². The van der Waals surface area contributed by atoms with Gasteiger partial charge in [0.05, 0.1) is 12.7 Å². The summed E-state index contributed by atoms with van der Waals surface area (Å²) in [7, 11) is 0. The quantitative estimate of drug-likeness (QED) is 0.279. The highest BCUT2D eigenvalue weighted by molar-refractivity contribution is 7.09. The summed E-state index contributed by atoms with van der Waals surface area (Å²) in [4.78, 5) is 40.2. The van der Waals surface area contributed by atoms with Crippen molar-refractivity contribution in [1.82, 2.24) is 4.98 Å². The van der Waals surface area contributed by atoms with E-state index in [1.54, 1.807) is 18.4 Å². The summed E-state index contributed by atoms with van der Waals surface area (Å²) in [6.45, 7) is 5.60. The van der Waals surface area contributed by atoms with Crippen molar-refractivity contribution in [1.29, 1.82) is 0 Å². The Morgan fingerprint density at radius 3 is 2.78 bits per heavy atom. The molecule has 1 aliphatic heterocycles. The Hall–Kier alpha value is -2.06.